The molecule has 3 nitrogen and oxygen atoms in total. The van der Waals surface area contributed by atoms with Crippen LogP contribution in [-0.4, -0.2) is 9.13 Å². The van der Waals surface area contributed by atoms with Gasteiger partial charge in [-0.05, 0) is 132 Å². The summed E-state index contributed by atoms with van der Waals surface area (Å²) in [6.45, 7) is 14.1. The second kappa shape index (κ2) is 15.3. The summed E-state index contributed by atoms with van der Waals surface area (Å²) in [5.74, 6) is 0. The van der Waals surface area contributed by atoms with E-state index in [0.29, 0.717) is 22.4 Å². The van der Waals surface area contributed by atoms with Gasteiger partial charge in [0.15, 0.2) is 5.69 Å². The molecular formula is C59H40F3N3. The Labute approximate surface area is 374 Å². The molecule has 0 aliphatic carbocycles. The largest absolute Gasteiger partial charge is 0.416 e. The Balaban J connectivity index is 1.21. The van der Waals surface area contributed by atoms with Crippen LogP contribution in [0.15, 0.2) is 188 Å². The van der Waals surface area contributed by atoms with Crippen LogP contribution >= 0.6 is 0 Å². The summed E-state index contributed by atoms with van der Waals surface area (Å²) in [5.41, 5.74) is 15.4. The third kappa shape index (κ3) is 6.85. The maximum Gasteiger partial charge on any atom is 0.416 e. The minimum absolute atomic E-state index is 0.467. The number of alkyl halides is 3. The molecule has 11 aromatic rings. The predicted octanol–water partition coefficient (Wildman–Crippen LogP) is 17.0. The first-order valence-electron chi connectivity index (χ1n) is 21.6. The van der Waals surface area contributed by atoms with Crippen molar-refractivity contribution in [3.05, 3.63) is 222 Å². The Bertz CT molecular complexity index is 3730. The van der Waals surface area contributed by atoms with E-state index in [1.165, 1.54) is 23.3 Å². The van der Waals surface area contributed by atoms with Crippen molar-refractivity contribution in [2.45, 2.75) is 26.9 Å². The van der Waals surface area contributed by atoms with Crippen molar-refractivity contribution in [2.24, 2.45) is 0 Å². The highest BCUT2D eigenvalue weighted by Gasteiger charge is 2.31. The van der Waals surface area contributed by atoms with E-state index in [9.17, 15) is 13.2 Å². The maximum atomic E-state index is 14.3. The van der Waals surface area contributed by atoms with Gasteiger partial charge in [0, 0.05) is 27.1 Å². The van der Waals surface area contributed by atoms with Crippen LogP contribution in [0.25, 0.3) is 104 Å². The van der Waals surface area contributed by atoms with Crippen molar-refractivity contribution >= 4 is 49.3 Å². The summed E-state index contributed by atoms with van der Waals surface area (Å²) in [4.78, 5) is 3.93. The van der Waals surface area contributed by atoms with Gasteiger partial charge < -0.3 is 9.13 Å². The van der Waals surface area contributed by atoms with Gasteiger partial charge in [0.1, 0.15) is 0 Å². The molecule has 0 aliphatic heterocycles. The molecule has 2 heterocycles. The fraction of sp³-hybridized carbons (Fsp3) is 0.0678. The van der Waals surface area contributed by atoms with Crippen LogP contribution in [0.2, 0.25) is 0 Å². The lowest BCUT2D eigenvalue weighted by Gasteiger charge is -2.20. The number of rotatable bonds is 6. The molecule has 2 aromatic heterocycles. The second-order valence-corrected chi connectivity index (χ2v) is 17.0. The van der Waals surface area contributed by atoms with Gasteiger partial charge in [-0.2, -0.15) is 13.2 Å². The highest BCUT2D eigenvalue weighted by atomic mass is 19.4. The normalized spacial score (nSPS) is 11.8. The Morgan fingerprint density at radius 1 is 0.385 bits per heavy atom. The third-order valence-electron chi connectivity index (χ3n) is 12.7. The van der Waals surface area contributed by atoms with E-state index in [0.717, 1.165) is 88.4 Å². The molecule has 0 N–H and O–H groups in total. The molecule has 0 bridgehead atoms. The van der Waals surface area contributed by atoms with E-state index >= 15 is 0 Å². The first-order chi connectivity index (χ1) is 31.5. The number of aromatic nitrogens is 2. The molecule has 0 atom stereocenters. The fourth-order valence-electron chi connectivity index (χ4n) is 9.56. The summed E-state index contributed by atoms with van der Waals surface area (Å²) in [6.07, 6.45) is -4.51. The lowest BCUT2D eigenvalue weighted by atomic mass is 9.94. The van der Waals surface area contributed by atoms with Crippen molar-refractivity contribution in [3.63, 3.8) is 0 Å². The van der Waals surface area contributed by atoms with E-state index in [4.69, 9.17) is 6.57 Å². The van der Waals surface area contributed by atoms with Crippen LogP contribution < -0.4 is 0 Å². The number of halogens is 3. The molecule has 0 saturated heterocycles. The summed E-state index contributed by atoms with van der Waals surface area (Å²) >= 11 is 0. The highest BCUT2D eigenvalue weighted by Crippen LogP contribution is 2.45. The Morgan fingerprint density at radius 2 is 0.877 bits per heavy atom. The van der Waals surface area contributed by atoms with Crippen LogP contribution in [-0.2, 0) is 6.18 Å². The van der Waals surface area contributed by atoms with Crippen LogP contribution in [0, 0.1) is 27.3 Å². The molecule has 0 fully saturated rings. The van der Waals surface area contributed by atoms with Gasteiger partial charge in [0.2, 0.25) is 0 Å². The molecule has 6 heteroatoms. The zero-order valence-electron chi connectivity index (χ0n) is 35.9. The number of nitrogens with zero attached hydrogens (tertiary/aromatic N) is 3. The molecule has 0 aliphatic rings. The van der Waals surface area contributed by atoms with Crippen molar-refractivity contribution in [3.8, 4) is 55.9 Å². The van der Waals surface area contributed by atoms with Crippen molar-refractivity contribution in [1.29, 1.82) is 0 Å². The average Bonchev–Trinajstić information content (AvgIpc) is 3.83. The van der Waals surface area contributed by atoms with Crippen molar-refractivity contribution < 1.29 is 13.2 Å². The summed E-state index contributed by atoms with van der Waals surface area (Å²) in [5, 5.41) is 4.29. The minimum atomic E-state index is -4.51. The highest BCUT2D eigenvalue weighted by molar-refractivity contribution is 6.13. The molecule has 65 heavy (non-hydrogen) atoms. The standard InChI is InChI=1S/C59H40F3N3/c1-36-13-17-39(18-14-36)41-22-26-55-50(32-41)47-9-5-7-11-53(47)64(55)57-28-24-46(63-4)35-52(57)49-25-21-43(44-29-38(3)30-45(31-44)59(60,61)62)34-58(49)65-54-12-8-6-10-48(54)51-33-42(23-27-56(51)65)40-19-15-37(2)16-20-40/h5-35H,1-3H3. The molecule has 0 radical (unpaired) electrons. The van der Waals surface area contributed by atoms with Crippen LogP contribution in [0.1, 0.15) is 22.3 Å². The van der Waals surface area contributed by atoms with Crippen molar-refractivity contribution in [2.75, 3.05) is 0 Å². The van der Waals surface area contributed by atoms with E-state index in [1.807, 2.05) is 60.7 Å². The number of aryl methyl sites for hydroxylation is 3. The van der Waals surface area contributed by atoms with E-state index < -0.39 is 11.7 Å². The van der Waals surface area contributed by atoms with Gasteiger partial charge in [0.05, 0.1) is 45.6 Å². The van der Waals surface area contributed by atoms with Gasteiger partial charge in [-0.3, -0.25) is 0 Å². The quantitative estimate of drug-likeness (QED) is 0.148. The predicted molar refractivity (Wildman–Crippen MR) is 262 cm³/mol. The van der Waals surface area contributed by atoms with Gasteiger partial charge in [0.25, 0.3) is 0 Å². The Hall–Kier alpha value is -8.14. The summed E-state index contributed by atoms with van der Waals surface area (Å²) in [6, 6.07) is 62.8. The van der Waals surface area contributed by atoms with E-state index in [1.54, 1.807) is 6.92 Å². The van der Waals surface area contributed by atoms with Gasteiger partial charge in [-0.25, -0.2) is 4.85 Å². The van der Waals surface area contributed by atoms with Crippen LogP contribution in [0.4, 0.5) is 18.9 Å². The molecule has 0 unspecified atom stereocenters. The van der Waals surface area contributed by atoms with Crippen molar-refractivity contribution in [1.82, 2.24) is 9.13 Å². The molecule has 0 saturated carbocycles. The van der Waals surface area contributed by atoms with Gasteiger partial charge >= 0.3 is 6.18 Å². The zero-order chi connectivity index (χ0) is 44.6. The lowest BCUT2D eigenvalue weighted by molar-refractivity contribution is -0.137. The fourth-order valence-corrected chi connectivity index (χ4v) is 9.56. The Morgan fingerprint density at radius 3 is 1.43 bits per heavy atom. The molecule has 0 amide bonds. The van der Waals surface area contributed by atoms with E-state index in [2.05, 4.69) is 143 Å². The first-order valence-corrected chi connectivity index (χ1v) is 21.6. The van der Waals surface area contributed by atoms with E-state index in [-0.39, 0.29) is 0 Å². The lowest BCUT2D eigenvalue weighted by Crippen LogP contribution is -2.05. The molecule has 312 valence electrons. The van der Waals surface area contributed by atoms with Gasteiger partial charge in [-0.15, -0.1) is 0 Å². The Kier molecular flexibility index (Phi) is 9.34. The first kappa shape index (κ1) is 39.7. The molecule has 11 rings (SSSR count). The smallest absolute Gasteiger partial charge is 0.309 e. The SMILES string of the molecule is [C-]#[N+]c1ccc(-n2c3ccccc3c3cc(-c4ccc(C)cc4)ccc32)c(-c2ccc(-c3cc(C)cc(C(F)(F)F)c3)cc2-n2c3ccccc3c3cc(-c4ccc(C)cc4)ccc32)c1. The topological polar surface area (TPSA) is 14.2 Å². The second-order valence-electron chi connectivity index (χ2n) is 17.0. The number of benzene rings is 9. The number of hydrogen-bond donors (Lipinski definition) is 0. The maximum absolute atomic E-state index is 14.3. The van der Waals surface area contributed by atoms with Crippen LogP contribution in [0.3, 0.4) is 0 Å². The monoisotopic (exact) mass is 847 g/mol. The molecular weight excluding hydrogens is 808 g/mol. The zero-order valence-corrected chi connectivity index (χ0v) is 35.9. The number of para-hydroxylation sites is 2. The summed E-state index contributed by atoms with van der Waals surface area (Å²) in [7, 11) is 0. The molecule has 9 aromatic carbocycles. The number of fused-ring (bicyclic) bond motifs is 6. The summed E-state index contributed by atoms with van der Waals surface area (Å²) < 4.78 is 47.5. The number of hydrogen-bond acceptors (Lipinski definition) is 0. The van der Waals surface area contributed by atoms with Crippen LogP contribution in [0.5, 0.6) is 0 Å². The molecule has 0 spiro atoms. The average molecular weight is 848 g/mol. The third-order valence-corrected chi connectivity index (χ3v) is 12.7. The van der Waals surface area contributed by atoms with Gasteiger partial charge in [-0.1, -0.05) is 132 Å². The minimum Gasteiger partial charge on any atom is -0.309 e.